The molecule has 5 heteroatoms. The summed E-state index contributed by atoms with van der Waals surface area (Å²) in [6, 6.07) is 76.1. The number of para-hydroxylation sites is 1. The molecular formula is C77H78BN3O. The molecule has 0 radical (unpaired) electrons. The van der Waals surface area contributed by atoms with Crippen molar-refractivity contribution in [2.75, 3.05) is 14.6 Å². The van der Waals surface area contributed by atoms with Gasteiger partial charge < -0.3 is 19.0 Å². The third-order valence-electron chi connectivity index (χ3n) is 18.5. The van der Waals surface area contributed by atoms with Gasteiger partial charge in [0.2, 0.25) is 0 Å². The number of fused-ring (bicyclic) bond motifs is 7. The van der Waals surface area contributed by atoms with Gasteiger partial charge in [-0.2, -0.15) is 0 Å². The first kappa shape index (κ1) is 53.3. The Kier molecular flexibility index (Phi) is 12.5. The van der Waals surface area contributed by atoms with Gasteiger partial charge in [0, 0.05) is 50.5 Å². The number of hydrogen-bond donors (Lipinski definition) is 0. The Labute approximate surface area is 488 Å². The van der Waals surface area contributed by atoms with E-state index in [4.69, 9.17) is 4.42 Å². The van der Waals surface area contributed by atoms with E-state index in [0.717, 1.165) is 58.1 Å². The molecule has 0 atom stereocenters. The standard InChI is InChI=1S/C77H78BN3O/c1-73(2,3)54-30-34-57(35-31-54)80(58-36-32-55(33-37-58)74(4,5)6)59-38-40-61-64-44-53(50-22-16-14-17-23-50)45-68-70(64)78(81(67(61)48-59)60-39-41-65-66(47-60)77(12,13)43-42-76(65,10)11)71-62-26-20-21-27-69(62)82-72(71)79(68)49-52-28-29-56(75(7,8)9)46-63(52)51-24-18-15-19-25-51/h14-41,44-48H,42-43,49H2,1-13H3. The third kappa shape index (κ3) is 9.16. The zero-order chi connectivity index (χ0) is 57.3. The summed E-state index contributed by atoms with van der Waals surface area (Å²) in [5.41, 5.74) is 25.5. The van der Waals surface area contributed by atoms with E-state index in [1.54, 1.807) is 0 Å². The van der Waals surface area contributed by atoms with Crippen LogP contribution in [-0.4, -0.2) is 6.85 Å². The second-order valence-electron chi connectivity index (χ2n) is 28.1. The minimum absolute atomic E-state index is 0.0138. The fourth-order valence-electron chi connectivity index (χ4n) is 13.5. The van der Waals surface area contributed by atoms with E-state index in [2.05, 4.69) is 305 Å². The molecular weight excluding hydrogens is 994 g/mol. The number of nitrogens with zero attached hydrogens (tertiary/aromatic N) is 3. The Morgan fingerprint density at radius 2 is 1.01 bits per heavy atom. The summed E-state index contributed by atoms with van der Waals surface area (Å²) in [4.78, 5) is 7.70. The quantitative estimate of drug-likeness (QED) is 0.141. The van der Waals surface area contributed by atoms with Crippen LogP contribution in [0.15, 0.2) is 205 Å². The highest BCUT2D eigenvalue weighted by Gasteiger charge is 2.49. The number of benzene rings is 9. The van der Waals surface area contributed by atoms with E-state index in [9.17, 15) is 0 Å². The molecule has 0 amide bonds. The van der Waals surface area contributed by atoms with Gasteiger partial charge in [0.1, 0.15) is 5.58 Å². The average Bonchev–Trinajstić information content (AvgIpc) is 1.56. The van der Waals surface area contributed by atoms with Gasteiger partial charge in [-0.3, -0.25) is 0 Å². The van der Waals surface area contributed by atoms with Crippen LogP contribution in [0.25, 0.3) is 44.3 Å². The zero-order valence-electron chi connectivity index (χ0n) is 50.5. The van der Waals surface area contributed by atoms with Gasteiger partial charge >= 0.3 is 6.85 Å². The maximum absolute atomic E-state index is 7.46. The van der Waals surface area contributed by atoms with Gasteiger partial charge in [0.25, 0.3) is 0 Å². The Balaban J connectivity index is 1.11. The minimum atomic E-state index is -0.257. The lowest BCUT2D eigenvalue weighted by Gasteiger charge is -2.46. The highest BCUT2D eigenvalue weighted by Crippen LogP contribution is 2.53. The van der Waals surface area contributed by atoms with Crippen molar-refractivity contribution in [3.05, 3.63) is 234 Å². The molecule has 10 aromatic rings. The molecule has 0 spiro atoms. The topological polar surface area (TPSA) is 22.9 Å². The first-order valence-electron chi connectivity index (χ1n) is 29.8. The maximum Gasteiger partial charge on any atom is 0.337 e. The Hall–Kier alpha value is -8.02. The van der Waals surface area contributed by atoms with Gasteiger partial charge in [-0.1, -0.05) is 223 Å². The molecule has 2 aliphatic heterocycles. The van der Waals surface area contributed by atoms with Gasteiger partial charge in [0.15, 0.2) is 5.88 Å². The van der Waals surface area contributed by atoms with E-state index < -0.39 is 0 Å². The summed E-state index contributed by atoms with van der Waals surface area (Å²) in [5.74, 6) is 0.886. The van der Waals surface area contributed by atoms with Crippen molar-refractivity contribution < 1.29 is 4.42 Å². The molecule has 1 aliphatic carbocycles. The van der Waals surface area contributed by atoms with Gasteiger partial charge in [-0.25, -0.2) is 0 Å². The summed E-state index contributed by atoms with van der Waals surface area (Å²) in [6.45, 7) is 30.8. The van der Waals surface area contributed by atoms with Crippen molar-refractivity contribution in [2.24, 2.45) is 0 Å². The van der Waals surface area contributed by atoms with Crippen LogP contribution in [0.3, 0.4) is 0 Å². The van der Waals surface area contributed by atoms with Crippen molar-refractivity contribution >= 4 is 68.8 Å². The van der Waals surface area contributed by atoms with Crippen molar-refractivity contribution in [1.82, 2.24) is 0 Å². The normalized spacial score (nSPS) is 15.2. The first-order valence-corrected chi connectivity index (χ1v) is 29.8. The van der Waals surface area contributed by atoms with Crippen molar-refractivity contribution in [3.8, 4) is 33.4 Å². The molecule has 9 aromatic carbocycles. The van der Waals surface area contributed by atoms with Crippen LogP contribution >= 0.6 is 0 Å². The Morgan fingerprint density at radius 1 is 0.451 bits per heavy atom. The van der Waals surface area contributed by atoms with E-state index in [1.807, 2.05) is 0 Å². The van der Waals surface area contributed by atoms with E-state index in [-0.39, 0.29) is 33.9 Å². The maximum atomic E-state index is 7.46. The fourth-order valence-corrected chi connectivity index (χ4v) is 13.5. The van der Waals surface area contributed by atoms with Gasteiger partial charge in [-0.15, -0.1) is 0 Å². The largest absolute Gasteiger partial charge is 0.441 e. The van der Waals surface area contributed by atoms with E-state index >= 15 is 0 Å². The molecule has 3 heterocycles. The molecule has 1 aromatic heterocycles. The molecule has 82 heavy (non-hydrogen) atoms. The van der Waals surface area contributed by atoms with Gasteiger partial charge in [-0.05, 0) is 173 Å². The van der Waals surface area contributed by atoms with E-state index in [0.29, 0.717) is 6.54 Å². The van der Waals surface area contributed by atoms with Crippen molar-refractivity contribution in [2.45, 2.75) is 136 Å². The SMILES string of the molecule is CC(C)(C)c1ccc(N(c2ccc(C(C)(C)C)cc2)c2ccc3c(c2)N(c2ccc4c(c2)C(C)(C)CCC4(C)C)B2c4c-3cc(-c3ccccc3)cc4N(Cc3ccc(C(C)(C)C)cc3-c3ccccc3)c3oc4ccccc4c32)cc1. The third-order valence-corrected chi connectivity index (χ3v) is 18.5. The Bertz CT molecular complexity index is 4010. The molecule has 3 aliphatic rings. The molecule has 13 rings (SSSR count). The van der Waals surface area contributed by atoms with Crippen LogP contribution < -0.4 is 25.5 Å². The lowest BCUT2D eigenvalue weighted by atomic mass is 9.43. The molecule has 0 N–H and O–H groups in total. The zero-order valence-corrected chi connectivity index (χ0v) is 50.5. The van der Waals surface area contributed by atoms with Crippen LogP contribution in [0.1, 0.15) is 136 Å². The van der Waals surface area contributed by atoms with Crippen molar-refractivity contribution in [1.29, 1.82) is 0 Å². The van der Waals surface area contributed by atoms with Gasteiger partial charge in [0.05, 0.1) is 6.54 Å². The summed E-state index contributed by atoms with van der Waals surface area (Å²) in [6.07, 6.45) is 2.28. The van der Waals surface area contributed by atoms with Crippen LogP contribution in [0, 0.1) is 0 Å². The van der Waals surface area contributed by atoms with Crippen LogP contribution in [0.4, 0.5) is 40.0 Å². The van der Waals surface area contributed by atoms with Crippen LogP contribution in [0.5, 0.6) is 0 Å². The summed E-state index contributed by atoms with van der Waals surface area (Å²) in [7, 11) is 0. The second kappa shape index (κ2) is 19.3. The molecule has 0 unspecified atom stereocenters. The summed E-state index contributed by atoms with van der Waals surface area (Å²) < 4.78 is 7.46. The fraction of sp³-hybridized carbons (Fsp3) is 0.273. The number of anilines is 7. The minimum Gasteiger partial charge on any atom is -0.441 e. The molecule has 0 bridgehead atoms. The Morgan fingerprint density at radius 3 is 1.63 bits per heavy atom. The lowest BCUT2D eigenvalue weighted by Crippen LogP contribution is -2.61. The van der Waals surface area contributed by atoms with E-state index in [1.165, 1.54) is 83.4 Å². The molecule has 4 nitrogen and oxygen atoms in total. The number of rotatable bonds is 8. The second-order valence-corrected chi connectivity index (χ2v) is 28.1. The summed E-state index contributed by atoms with van der Waals surface area (Å²) in [5, 5.41) is 1.13. The average molecular weight is 1070 g/mol. The van der Waals surface area contributed by atoms with Crippen LogP contribution in [0.2, 0.25) is 0 Å². The predicted molar refractivity (Wildman–Crippen MR) is 351 cm³/mol. The first-order chi connectivity index (χ1) is 39.0. The lowest BCUT2D eigenvalue weighted by molar-refractivity contribution is 0.332. The van der Waals surface area contributed by atoms with Crippen molar-refractivity contribution in [3.63, 3.8) is 0 Å². The smallest absolute Gasteiger partial charge is 0.337 e. The molecule has 0 fully saturated rings. The number of furan rings is 1. The molecule has 410 valence electrons. The number of hydrogen-bond acceptors (Lipinski definition) is 4. The predicted octanol–water partition coefficient (Wildman–Crippen LogP) is 20.1. The molecule has 0 saturated carbocycles. The highest BCUT2D eigenvalue weighted by molar-refractivity contribution is 6.95. The van der Waals surface area contributed by atoms with Crippen LogP contribution in [-0.2, 0) is 33.6 Å². The molecule has 0 saturated heterocycles. The highest BCUT2D eigenvalue weighted by atomic mass is 16.4. The monoisotopic (exact) mass is 1070 g/mol. The summed E-state index contributed by atoms with van der Waals surface area (Å²) >= 11 is 0.